The Bertz CT molecular complexity index is 972. The molecule has 32 heavy (non-hydrogen) atoms. The molecule has 0 radical (unpaired) electrons. The van der Waals surface area contributed by atoms with Crippen molar-refractivity contribution in [3.8, 4) is 0 Å². The first kappa shape index (κ1) is 23.6. The Morgan fingerprint density at radius 1 is 0.969 bits per heavy atom. The number of hydrogen-bond acceptors (Lipinski definition) is 5. The number of carbonyl (C=O) groups excluding carboxylic acids is 3. The number of hydrogen-bond donors (Lipinski definition) is 0. The maximum absolute atomic E-state index is 13.5. The van der Waals surface area contributed by atoms with Gasteiger partial charge in [-0.3, -0.25) is 9.59 Å². The molecule has 1 aromatic heterocycles. The topological polar surface area (TPSA) is 77.8 Å². The Morgan fingerprint density at radius 3 is 2.19 bits per heavy atom. The molecule has 3 rings (SSSR count). The van der Waals surface area contributed by atoms with Crippen molar-refractivity contribution < 1.29 is 23.9 Å². The molecule has 1 amide bonds. The molecule has 0 unspecified atom stereocenters. The Labute approximate surface area is 189 Å². The van der Waals surface area contributed by atoms with Crippen LogP contribution in [0.25, 0.3) is 0 Å². The number of ether oxygens (including phenoxy) is 2. The molecule has 0 spiro atoms. The Morgan fingerprint density at radius 2 is 1.59 bits per heavy atom. The lowest BCUT2D eigenvalue weighted by molar-refractivity contribution is -0.149. The quantitative estimate of drug-likeness (QED) is 0.613. The molecule has 1 saturated heterocycles. The molecule has 0 aliphatic carbocycles. The van der Waals surface area contributed by atoms with Crippen LogP contribution < -0.4 is 0 Å². The standard InChI is InChI=1S/C25H32N2O5/c1-5-31-24(29)20-12-14-26(15-13-20)23(28)21-17(3)22(25(30)32-6-2)27(18(21)4)16-19-10-8-7-9-11-19/h7-11,20H,5-6,12-16H2,1-4H3. The summed E-state index contributed by atoms with van der Waals surface area (Å²) in [5.74, 6) is -0.895. The summed E-state index contributed by atoms with van der Waals surface area (Å²) in [5.41, 5.74) is 3.36. The normalized spacial score (nSPS) is 14.3. The van der Waals surface area contributed by atoms with E-state index < -0.39 is 5.97 Å². The smallest absolute Gasteiger partial charge is 0.355 e. The number of likely N-dealkylation sites (tertiary alicyclic amines) is 1. The second-order valence-corrected chi connectivity index (χ2v) is 8.04. The summed E-state index contributed by atoms with van der Waals surface area (Å²) in [6.07, 6.45) is 1.16. The summed E-state index contributed by atoms with van der Waals surface area (Å²) in [5, 5.41) is 0. The van der Waals surface area contributed by atoms with Crippen LogP contribution in [0.2, 0.25) is 0 Å². The van der Waals surface area contributed by atoms with Crippen LogP contribution in [-0.2, 0) is 20.8 Å². The maximum Gasteiger partial charge on any atom is 0.355 e. The van der Waals surface area contributed by atoms with Crippen molar-refractivity contribution in [1.29, 1.82) is 0 Å². The van der Waals surface area contributed by atoms with E-state index in [2.05, 4.69) is 0 Å². The first-order valence-electron chi connectivity index (χ1n) is 11.3. The van der Waals surface area contributed by atoms with Crippen molar-refractivity contribution in [2.24, 2.45) is 5.92 Å². The van der Waals surface area contributed by atoms with E-state index in [9.17, 15) is 14.4 Å². The van der Waals surface area contributed by atoms with Crippen LogP contribution >= 0.6 is 0 Å². The molecule has 1 aliphatic heterocycles. The molecule has 0 bridgehead atoms. The molecule has 7 nitrogen and oxygen atoms in total. The summed E-state index contributed by atoms with van der Waals surface area (Å²) in [4.78, 5) is 40.1. The summed E-state index contributed by atoms with van der Waals surface area (Å²) in [6, 6.07) is 9.82. The minimum absolute atomic E-state index is 0.111. The predicted molar refractivity (Wildman–Crippen MR) is 121 cm³/mol. The highest BCUT2D eigenvalue weighted by Gasteiger charge is 2.33. The Balaban J connectivity index is 1.89. The molecular formula is C25H32N2O5. The van der Waals surface area contributed by atoms with Gasteiger partial charge in [0.25, 0.3) is 5.91 Å². The Kier molecular flexibility index (Phi) is 7.72. The van der Waals surface area contributed by atoms with Crippen LogP contribution in [-0.4, -0.2) is 53.6 Å². The van der Waals surface area contributed by atoms with Crippen LogP contribution in [0.15, 0.2) is 30.3 Å². The first-order valence-corrected chi connectivity index (χ1v) is 11.3. The number of rotatable bonds is 7. The zero-order chi connectivity index (χ0) is 23.3. The fraction of sp³-hybridized carbons (Fsp3) is 0.480. The van der Waals surface area contributed by atoms with E-state index in [1.165, 1.54) is 0 Å². The van der Waals surface area contributed by atoms with Gasteiger partial charge in [-0.15, -0.1) is 0 Å². The van der Waals surface area contributed by atoms with Crippen LogP contribution in [0.1, 0.15) is 64.4 Å². The van der Waals surface area contributed by atoms with Crippen molar-refractivity contribution in [1.82, 2.24) is 9.47 Å². The molecule has 2 aromatic rings. The van der Waals surface area contributed by atoms with E-state index in [0.29, 0.717) is 55.9 Å². The fourth-order valence-electron chi connectivity index (χ4n) is 4.37. The van der Waals surface area contributed by atoms with Crippen LogP contribution in [0.5, 0.6) is 0 Å². The lowest BCUT2D eigenvalue weighted by Gasteiger charge is -2.31. The average molecular weight is 441 g/mol. The summed E-state index contributed by atoms with van der Waals surface area (Å²) in [7, 11) is 0. The summed E-state index contributed by atoms with van der Waals surface area (Å²) in [6.45, 7) is 9.31. The molecule has 2 heterocycles. The zero-order valence-electron chi connectivity index (χ0n) is 19.3. The number of amides is 1. The van der Waals surface area contributed by atoms with Crippen molar-refractivity contribution in [3.05, 3.63) is 58.4 Å². The third kappa shape index (κ3) is 4.87. The van der Waals surface area contributed by atoms with E-state index in [4.69, 9.17) is 9.47 Å². The molecule has 1 aromatic carbocycles. The van der Waals surface area contributed by atoms with Gasteiger partial charge in [-0.2, -0.15) is 0 Å². The number of esters is 2. The molecular weight excluding hydrogens is 408 g/mol. The predicted octanol–water partition coefficient (Wildman–Crippen LogP) is 3.75. The van der Waals surface area contributed by atoms with Gasteiger partial charge in [-0.1, -0.05) is 30.3 Å². The number of carbonyl (C=O) groups is 3. The number of benzene rings is 1. The molecule has 172 valence electrons. The van der Waals surface area contributed by atoms with Crippen LogP contribution in [0, 0.1) is 19.8 Å². The van der Waals surface area contributed by atoms with E-state index in [0.717, 1.165) is 11.3 Å². The van der Waals surface area contributed by atoms with Gasteiger partial charge in [0.15, 0.2) is 0 Å². The zero-order valence-corrected chi connectivity index (χ0v) is 19.3. The van der Waals surface area contributed by atoms with E-state index in [1.54, 1.807) is 25.7 Å². The number of nitrogens with zero attached hydrogens (tertiary/aromatic N) is 2. The highest BCUT2D eigenvalue weighted by Crippen LogP contribution is 2.28. The van der Waals surface area contributed by atoms with Crippen molar-refractivity contribution in [2.75, 3.05) is 26.3 Å². The van der Waals surface area contributed by atoms with Crippen LogP contribution in [0.3, 0.4) is 0 Å². The van der Waals surface area contributed by atoms with E-state index in [1.807, 2.05) is 41.8 Å². The lowest BCUT2D eigenvalue weighted by Crippen LogP contribution is -2.41. The second kappa shape index (κ2) is 10.5. The lowest BCUT2D eigenvalue weighted by atomic mass is 9.96. The molecule has 0 saturated carbocycles. The molecule has 7 heteroatoms. The maximum atomic E-state index is 13.5. The van der Waals surface area contributed by atoms with Gasteiger partial charge in [-0.05, 0) is 51.7 Å². The van der Waals surface area contributed by atoms with E-state index in [-0.39, 0.29) is 24.4 Å². The van der Waals surface area contributed by atoms with Crippen molar-refractivity contribution in [2.45, 2.75) is 47.1 Å². The third-order valence-electron chi connectivity index (χ3n) is 6.04. The molecule has 1 aliphatic rings. The monoisotopic (exact) mass is 440 g/mol. The van der Waals surface area contributed by atoms with Gasteiger partial charge in [0.2, 0.25) is 0 Å². The van der Waals surface area contributed by atoms with Gasteiger partial charge in [0.1, 0.15) is 5.69 Å². The molecule has 1 fully saturated rings. The molecule has 0 N–H and O–H groups in total. The first-order chi connectivity index (χ1) is 15.4. The van der Waals surface area contributed by atoms with Crippen LogP contribution in [0.4, 0.5) is 0 Å². The van der Waals surface area contributed by atoms with Gasteiger partial charge in [-0.25, -0.2) is 4.79 Å². The average Bonchev–Trinajstić information content (AvgIpc) is 3.03. The summed E-state index contributed by atoms with van der Waals surface area (Å²) >= 11 is 0. The number of aromatic nitrogens is 1. The second-order valence-electron chi connectivity index (χ2n) is 8.04. The van der Waals surface area contributed by atoms with Crippen molar-refractivity contribution in [3.63, 3.8) is 0 Å². The third-order valence-corrected chi connectivity index (χ3v) is 6.04. The molecule has 0 atom stereocenters. The van der Waals surface area contributed by atoms with Gasteiger partial charge >= 0.3 is 11.9 Å². The van der Waals surface area contributed by atoms with Gasteiger partial charge in [0.05, 0.1) is 24.7 Å². The minimum Gasteiger partial charge on any atom is -0.466 e. The van der Waals surface area contributed by atoms with Gasteiger partial charge < -0.3 is 18.9 Å². The largest absolute Gasteiger partial charge is 0.466 e. The van der Waals surface area contributed by atoms with Gasteiger partial charge in [0, 0.05) is 25.3 Å². The summed E-state index contributed by atoms with van der Waals surface area (Å²) < 4.78 is 12.3. The minimum atomic E-state index is -0.427. The Hall–Kier alpha value is -3.09. The fourth-order valence-corrected chi connectivity index (χ4v) is 4.37. The van der Waals surface area contributed by atoms with E-state index >= 15 is 0 Å². The SMILES string of the molecule is CCOC(=O)c1c(C)c(C(=O)N2CCC(C(=O)OCC)CC2)c(C)n1Cc1ccccc1. The highest BCUT2D eigenvalue weighted by atomic mass is 16.5. The highest BCUT2D eigenvalue weighted by molar-refractivity contribution is 6.01. The van der Waals surface area contributed by atoms with Crippen molar-refractivity contribution >= 4 is 17.8 Å². The number of piperidine rings is 1.